The zero-order valence-corrected chi connectivity index (χ0v) is 9.82. The first-order chi connectivity index (χ1) is 8.01. The summed E-state index contributed by atoms with van der Waals surface area (Å²) in [7, 11) is 1.14. The van der Waals surface area contributed by atoms with Crippen molar-refractivity contribution in [2.75, 3.05) is 13.0 Å². The first-order valence-electron chi connectivity index (χ1n) is 4.81. The first kappa shape index (κ1) is 13.9. The molecule has 0 aliphatic carbocycles. The monoisotopic (exact) mass is 262 g/mol. The van der Waals surface area contributed by atoms with E-state index in [-0.39, 0.29) is 17.0 Å². The third kappa shape index (κ3) is 3.15. The van der Waals surface area contributed by atoms with Gasteiger partial charge in [0.25, 0.3) is 0 Å². The molecule has 17 heavy (non-hydrogen) atoms. The highest BCUT2D eigenvalue weighted by atomic mass is 35.5. The number of ether oxygens (including phenoxy) is 1. The molecule has 1 aromatic rings. The van der Waals surface area contributed by atoms with E-state index in [1.807, 2.05) is 0 Å². The predicted octanol–water partition coefficient (Wildman–Crippen LogP) is 1.25. The molecule has 0 heterocycles. The van der Waals surface area contributed by atoms with Gasteiger partial charge in [0.1, 0.15) is 11.9 Å². The molecule has 0 aromatic heterocycles. The van der Waals surface area contributed by atoms with Gasteiger partial charge in [-0.05, 0) is 17.7 Å². The number of carbonyl (C=O) groups is 1. The molecule has 0 saturated carbocycles. The van der Waals surface area contributed by atoms with Crippen LogP contribution in [0.25, 0.3) is 0 Å². The van der Waals surface area contributed by atoms with Crippen LogP contribution in [0.3, 0.4) is 0 Å². The van der Waals surface area contributed by atoms with Gasteiger partial charge in [0.05, 0.1) is 24.7 Å². The minimum absolute atomic E-state index is 0.142. The molecule has 6 heteroatoms. The summed E-state index contributed by atoms with van der Waals surface area (Å²) < 4.78 is 17.9. The molecule has 2 unspecified atom stereocenters. The molecular weight excluding hydrogens is 251 g/mol. The Kier molecular flexibility index (Phi) is 4.86. The van der Waals surface area contributed by atoms with E-state index < -0.39 is 24.0 Å². The van der Waals surface area contributed by atoms with Crippen LogP contribution in [0.15, 0.2) is 18.2 Å². The Balaban J connectivity index is 3.00. The number of methoxy groups -OCH3 is 1. The van der Waals surface area contributed by atoms with Crippen molar-refractivity contribution in [3.05, 3.63) is 35.1 Å². The summed E-state index contributed by atoms with van der Waals surface area (Å²) in [6.45, 7) is 0. The number of hydrogen-bond acceptors (Lipinski definition) is 4. The summed E-state index contributed by atoms with van der Waals surface area (Å²) in [5, 5.41) is 18.9. The average molecular weight is 263 g/mol. The molecule has 0 saturated heterocycles. The molecule has 4 nitrogen and oxygen atoms in total. The standard InChI is InChI=1S/C11H12ClFO4/c1-17-11(16)7-3-2-6(4-8(7)13)10(15)9(14)5-12/h2-4,9-10,14-15H,5H2,1H3. The fourth-order valence-corrected chi connectivity index (χ4v) is 1.47. The van der Waals surface area contributed by atoms with Crippen molar-refractivity contribution >= 4 is 17.6 Å². The smallest absolute Gasteiger partial charge is 0.340 e. The highest BCUT2D eigenvalue weighted by Crippen LogP contribution is 2.21. The normalized spacial score (nSPS) is 14.2. The van der Waals surface area contributed by atoms with Crippen molar-refractivity contribution in [3.63, 3.8) is 0 Å². The van der Waals surface area contributed by atoms with E-state index in [0.717, 1.165) is 13.2 Å². The Bertz CT molecular complexity index is 410. The first-order valence-corrected chi connectivity index (χ1v) is 5.34. The van der Waals surface area contributed by atoms with Crippen LogP contribution in [0.5, 0.6) is 0 Å². The number of carbonyl (C=O) groups excluding carboxylic acids is 1. The molecule has 0 aliphatic heterocycles. The summed E-state index contributed by atoms with van der Waals surface area (Å²) >= 11 is 5.36. The molecule has 2 N–H and O–H groups in total. The Hall–Kier alpha value is -1.17. The molecule has 2 atom stereocenters. The molecule has 0 aliphatic rings. The van der Waals surface area contributed by atoms with Crippen LogP contribution in [0, 0.1) is 5.82 Å². The van der Waals surface area contributed by atoms with Gasteiger partial charge in [-0.1, -0.05) is 6.07 Å². The lowest BCUT2D eigenvalue weighted by atomic mass is 10.0. The molecule has 1 aromatic carbocycles. The lowest BCUT2D eigenvalue weighted by Gasteiger charge is -2.16. The highest BCUT2D eigenvalue weighted by Gasteiger charge is 2.20. The Morgan fingerprint density at radius 1 is 1.53 bits per heavy atom. The van der Waals surface area contributed by atoms with Gasteiger partial charge in [0.15, 0.2) is 0 Å². The molecule has 0 bridgehead atoms. The Morgan fingerprint density at radius 3 is 2.65 bits per heavy atom. The molecule has 0 amide bonds. The van der Waals surface area contributed by atoms with Crippen molar-refractivity contribution < 1.29 is 24.1 Å². The lowest BCUT2D eigenvalue weighted by molar-refractivity contribution is 0.0325. The van der Waals surface area contributed by atoms with E-state index in [1.165, 1.54) is 12.1 Å². The summed E-state index contributed by atoms with van der Waals surface area (Å²) in [6.07, 6.45) is -2.49. The van der Waals surface area contributed by atoms with E-state index in [1.54, 1.807) is 0 Å². The van der Waals surface area contributed by atoms with Crippen LogP contribution in [-0.4, -0.2) is 35.3 Å². The van der Waals surface area contributed by atoms with Crippen LogP contribution in [0.4, 0.5) is 4.39 Å². The second-order valence-corrected chi connectivity index (χ2v) is 3.71. The number of benzene rings is 1. The van der Waals surface area contributed by atoms with Gasteiger partial charge in [-0.25, -0.2) is 9.18 Å². The van der Waals surface area contributed by atoms with Gasteiger partial charge in [0.2, 0.25) is 0 Å². The maximum Gasteiger partial charge on any atom is 0.340 e. The van der Waals surface area contributed by atoms with Crippen LogP contribution >= 0.6 is 11.6 Å². The van der Waals surface area contributed by atoms with Crippen molar-refractivity contribution in [1.29, 1.82) is 0 Å². The third-order valence-corrected chi connectivity index (χ3v) is 2.58. The van der Waals surface area contributed by atoms with E-state index >= 15 is 0 Å². The minimum Gasteiger partial charge on any atom is -0.465 e. The van der Waals surface area contributed by atoms with Crippen molar-refractivity contribution in [2.45, 2.75) is 12.2 Å². The van der Waals surface area contributed by atoms with E-state index in [2.05, 4.69) is 4.74 Å². The van der Waals surface area contributed by atoms with Crippen molar-refractivity contribution in [3.8, 4) is 0 Å². The second kappa shape index (κ2) is 5.95. The topological polar surface area (TPSA) is 66.8 Å². The van der Waals surface area contributed by atoms with E-state index in [4.69, 9.17) is 11.6 Å². The van der Waals surface area contributed by atoms with Gasteiger partial charge >= 0.3 is 5.97 Å². The molecule has 0 fully saturated rings. The maximum atomic E-state index is 13.5. The lowest BCUT2D eigenvalue weighted by Crippen LogP contribution is -2.20. The van der Waals surface area contributed by atoms with Gasteiger partial charge < -0.3 is 14.9 Å². The molecule has 0 spiro atoms. The van der Waals surface area contributed by atoms with Gasteiger partial charge in [-0.15, -0.1) is 11.6 Å². The number of aliphatic hydroxyl groups is 2. The van der Waals surface area contributed by atoms with Gasteiger partial charge in [-0.2, -0.15) is 0 Å². The number of alkyl halides is 1. The van der Waals surface area contributed by atoms with Crippen LogP contribution < -0.4 is 0 Å². The quantitative estimate of drug-likeness (QED) is 0.633. The fraction of sp³-hybridized carbons (Fsp3) is 0.364. The zero-order chi connectivity index (χ0) is 13.0. The number of esters is 1. The largest absolute Gasteiger partial charge is 0.465 e. The molecule has 0 radical (unpaired) electrons. The van der Waals surface area contributed by atoms with E-state index in [9.17, 15) is 19.4 Å². The van der Waals surface area contributed by atoms with Gasteiger partial charge in [0, 0.05) is 0 Å². The van der Waals surface area contributed by atoms with Crippen molar-refractivity contribution in [2.24, 2.45) is 0 Å². The van der Waals surface area contributed by atoms with Gasteiger partial charge in [-0.3, -0.25) is 0 Å². The summed E-state index contributed by atoms with van der Waals surface area (Å²) in [5.74, 6) is -1.81. The summed E-state index contributed by atoms with van der Waals surface area (Å²) in [6, 6.07) is 3.48. The SMILES string of the molecule is COC(=O)c1ccc(C(O)C(O)CCl)cc1F. The fourth-order valence-electron chi connectivity index (χ4n) is 1.30. The summed E-state index contributed by atoms with van der Waals surface area (Å²) in [5.41, 5.74) is -0.0906. The third-order valence-electron chi connectivity index (χ3n) is 2.26. The van der Waals surface area contributed by atoms with Crippen LogP contribution in [0.1, 0.15) is 22.0 Å². The molecular formula is C11H12ClFO4. The number of aliphatic hydroxyl groups excluding tert-OH is 2. The number of hydrogen-bond donors (Lipinski definition) is 2. The van der Waals surface area contributed by atoms with Crippen LogP contribution in [0.2, 0.25) is 0 Å². The van der Waals surface area contributed by atoms with Crippen LogP contribution in [-0.2, 0) is 4.74 Å². The number of halogens is 2. The summed E-state index contributed by atoms with van der Waals surface area (Å²) in [4.78, 5) is 11.1. The maximum absolute atomic E-state index is 13.5. The number of rotatable bonds is 4. The predicted molar refractivity (Wildman–Crippen MR) is 59.4 cm³/mol. The average Bonchev–Trinajstić information content (AvgIpc) is 2.35. The van der Waals surface area contributed by atoms with E-state index in [0.29, 0.717) is 0 Å². The second-order valence-electron chi connectivity index (χ2n) is 3.40. The Labute approximate surface area is 103 Å². The molecule has 94 valence electrons. The molecule has 1 rings (SSSR count). The zero-order valence-electron chi connectivity index (χ0n) is 9.06. The van der Waals surface area contributed by atoms with Crippen molar-refractivity contribution in [1.82, 2.24) is 0 Å². The minimum atomic E-state index is -1.30. The highest BCUT2D eigenvalue weighted by molar-refractivity contribution is 6.18. The Morgan fingerprint density at radius 2 is 2.18 bits per heavy atom.